The molecule has 5 heteroatoms. The molecule has 0 aromatic rings. The quantitative estimate of drug-likeness (QED) is 0.525. The summed E-state index contributed by atoms with van der Waals surface area (Å²) in [6.07, 6.45) is 0. The average Bonchev–Trinajstić information content (AvgIpc) is 1.84. The largest absolute Gasteiger partial charge is 0.341 e. The molecule has 0 fully saturated rings. The molecule has 0 radical (unpaired) electrons. The minimum Gasteiger partial charge on any atom is -0.341 e. The Labute approximate surface area is 51.6 Å². The fourth-order valence-electron chi connectivity index (χ4n) is 0.265. The second-order valence-electron chi connectivity index (χ2n) is 1.44. The molecule has 0 saturated heterocycles. The smallest absolute Gasteiger partial charge is 0.321 e. The summed E-state index contributed by atoms with van der Waals surface area (Å²) in [5.74, 6) is 0. The first kappa shape index (κ1) is 8.13. The van der Waals surface area contributed by atoms with Gasteiger partial charge < -0.3 is 5.32 Å². The summed E-state index contributed by atoms with van der Waals surface area (Å²) in [7, 11) is 2.31. The number of halogens is 2. The molecule has 0 heterocycles. The highest BCUT2D eigenvalue weighted by Gasteiger charge is 2.14. The van der Waals surface area contributed by atoms with Gasteiger partial charge in [-0.25, -0.2) is 4.79 Å². The van der Waals surface area contributed by atoms with Gasteiger partial charge in [-0.05, 0) is 0 Å². The van der Waals surface area contributed by atoms with Gasteiger partial charge in [-0.15, -0.1) is 0 Å². The van der Waals surface area contributed by atoms with Crippen molar-refractivity contribution in [2.45, 2.75) is 6.55 Å². The lowest BCUT2D eigenvalue weighted by Crippen LogP contribution is -2.38. The second-order valence-corrected chi connectivity index (χ2v) is 1.44. The van der Waals surface area contributed by atoms with Crippen molar-refractivity contribution in [3.63, 3.8) is 0 Å². The minimum atomic E-state index is -2.73. The lowest BCUT2D eigenvalue weighted by molar-refractivity contribution is 0.0180. The zero-order valence-corrected chi connectivity index (χ0v) is 5.19. The Hall–Kier alpha value is -0.870. The zero-order valence-electron chi connectivity index (χ0n) is 5.19. The van der Waals surface area contributed by atoms with Crippen LogP contribution in [0.1, 0.15) is 0 Å². The Morgan fingerprint density at radius 3 is 2.22 bits per heavy atom. The molecule has 0 atom stereocenters. The van der Waals surface area contributed by atoms with Gasteiger partial charge >= 0.3 is 12.6 Å². The molecule has 0 rings (SSSR count). The average molecular weight is 138 g/mol. The molecule has 0 aromatic heterocycles. The third-order valence-electron chi connectivity index (χ3n) is 0.827. The number of carbonyl (C=O) groups is 1. The normalized spacial score (nSPS) is 9.44. The van der Waals surface area contributed by atoms with Crippen LogP contribution < -0.4 is 5.32 Å². The Kier molecular flexibility index (Phi) is 2.90. The van der Waals surface area contributed by atoms with Crippen LogP contribution in [0.3, 0.4) is 0 Å². The van der Waals surface area contributed by atoms with Crippen molar-refractivity contribution in [2.75, 3.05) is 14.1 Å². The topological polar surface area (TPSA) is 32.3 Å². The van der Waals surface area contributed by atoms with Gasteiger partial charge in [0.25, 0.3) is 0 Å². The lowest BCUT2D eigenvalue weighted by Gasteiger charge is -2.13. The zero-order chi connectivity index (χ0) is 7.44. The SMILES string of the molecule is CNC(=O)N(C)C(F)F. The van der Waals surface area contributed by atoms with Crippen LogP contribution in [0.4, 0.5) is 13.6 Å². The summed E-state index contributed by atoms with van der Waals surface area (Å²) in [6.45, 7) is -2.73. The Balaban J connectivity index is 3.72. The van der Waals surface area contributed by atoms with Crippen molar-refractivity contribution in [3.05, 3.63) is 0 Å². The van der Waals surface area contributed by atoms with Crippen LogP contribution in [-0.2, 0) is 0 Å². The molecule has 0 aliphatic rings. The van der Waals surface area contributed by atoms with E-state index in [-0.39, 0.29) is 0 Å². The maximum Gasteiger partial charge on any atom is 0.321 e. The van der Waals surface area contributed by atoms with E-state index < -0.39 is 12.6 Å². The molecule has 0 aliphatic heterocycles. The number of hydrogen-bond acceptors (Lipinski definition) is 1. The van der Waals surface area contributed by atoms with Gasteiger partial charge in [0.15, 0.2) is 0 Å². The number of carbonyl (C=O) groups excluding carboxylic acids is 1. The van der Waals surface area contributed by atoms with Crippen molar-refractivity contribution >= 4 is 6.03 Å². The van der Waals surface area contributed by atoms with Crippen LogP contribution in [0, 0.1) is 0 Å². The van der Waals surface area contributed by atoms with Crippen molar-refractivity contribution in [1.82, 2.24) is 10.2 Å². The maximum absolute atomic E-state index is 11.5. The van der Waals surface area contributed by atoms with Crippen LogP contribution in [0.5, 0.6) is 0 Å². The summed E-state index contributed by atoms with van der Waals surface area (Å²) in [5.41, 5.74) is 0. The molecule has 3 nitrogen and oxygen atoms in total. The summed E-state index contributed by atoms with van der Waals surface area (Å²) in [6, 6.07) is -0.787. The highest BCUT2D eigenvalue weighted by molar-refractivity contribution is 5.73. The van der Waals surface area contributed by atoms with E-state index >= 15 is 0 Å². The third-order valence-corrected chi connectivity index (χ3v) is 0.827. The van der Waals surface area contributed by atoms with E-state index in [9.17, 15) is 13.6 Å². The molecule has 0 saturated carbocycles. The van der Waals surface area contributed by atoms with Gasteiger partial charge in [0, 0.05) is 14.1 Å². The molecule has 0 unspecified atom stereocenters. The first-order chi connectivity index (χ1) is 4.09. The summed E-state index contributed by atoms with van der Waals surface area (Å²) in [4.78, 5) is 10.6. The van der Waals surface area contributed by atoms with Crippen LogP contribution in [0.15, 0.2) is 0 Å². The van der Waals surface area contributed by atoms with Crippen LogP contribution in [-0.4, -0.2) is 31.6 Å². The lowest BCUT2D eigenvalue weighted by atomic mass is 10.8. The Morgan fingerprint density at radius 1 is 1.67 bits per heavy atom. The molecule has 54 valence electrons. The van der Waals surface area contributed by atoms with Crippen LogP contribution >= 0.6 is 0 Å². The highest BCUT2D eigenvalue weighted by atomic mass is 19.3. The Bertz CT molecular complexity index is 107. The highest BCUT2D eigenvalue weighted by Crippen LogP contribution is 1.97. The number of nitrogens with zero attached hydrogens (tertiary/aromatic N) is 1. The number of amides is 2. The molecule has 0 spiro atoms. The van der Waals surface area contributed by atoms with E-state index in [1.54, 1.807) is 0 Å². The molecule has 2 amide bonds. The number of nitrogens with one attached hydrogen (secondary N) is 1. The Morgan fingerprint density at radius 2 is 2.11 bits per heavy atom. The van der Waals surface area contributed by atoms with E-state index in [0.717, 1.165) is 7.05 Å². The standard InChI is InChI=1S/C4H8F2N2O/c1-7-4(9)8(2)3(5)6/h3H,1-2H3,(H,7,9). The maximum atomic E-state index is 11.5. The van der Waals surface area contributed by atoms with Crippen molar-refractivity contribution < 1.29 is 13.6 Å². The second kappa shape index (κ2) is 3.21. The van der Waals surface area contributed by atoms with E-state index in [1.165, 1.54) is 7.05 Å². The van der Waals surface area contributed by atoms with Crippen molar-refractivity contribution in [1.29, 1.82) is 0 Å². The molecule has 0 bridgehead atoms. The first-order valence-corrected chi connectivity index (χ1v) is 2.32. The van der Waals surface area contributed by atoms with E-state index in [1.807, 2.05) is 0 Å². The van der Waals surface area contributed by atoms with Gasteiger partial charge in [0.1, 0.15) is 0 Å². The number of rotatable bonds is 1. The molecular weight excluding hydrogens is 130 g/mol. The first-order valence-electron chi connectivity index (χ1n) is 2.32. The summed E-state index contributed by atoms with van der Waals surface area (Å²) in [5, 5.41) is 2.05. The van der Waals surface area contributed by atoms with Crippen molar-refractivity contribution in [2.24, 2.45) is 0 Å². The molecule has 9 heavy (non-hydrogen) atoms. The minimum absolute atomic E-state index is 0.306. The van der Waals surface area contributed by atoms with Crippen LogP contribution in [0.2, 0.25) is 0 Å². The number of alkyl halides is 2. The van der Waals surface area contributed by atoms with Crippen LogP contribution in [0.25, 0.3) is 0 Å². The summed E-state index contributed by atoms with van der Waals surface area (Å²) < 4.78 is 23.1. The monoisotopic (exact) mass is 138 g/mol. The van der Waals surface area contributed by atoms with Gasteiger partial charge in [-0.2, -0.15) is 8.78 Å². The van der Waals surface area contributed by atoms with Gasteiger partial charge in [0.2, 0.25) is 0 Å². The number of urea groups is 1. The van der Waals surface area contributed by atoms with Gasteiger partial charge in [-0.1, -0.05) is 0 Å². The third kappa shape index (κ3) is 2.25. The summed E-state index contributed by atoms with van der Waals surface area (Å²) >= 11 is 0. The van der Waals surface area contributed by atoms with Gasteiger partial charge in [-0.3, -0.25) is 4.90 Å². The molecular formula is C4H8F2N2O. The van der Waals surface area contributed by atoms with Gasteiger partial charge in [0.05, 0.1) is 0 Å². The fraction of sp³-hybridized carbons (Fsp3) is 0.750. The van der Waals surface area contributed by atoms with E-state index in [0.29, 0.717) is 4.90 Å². The molecule has 1 N–H and O–H groups in total. The molecule has 0 aromatic carbocycles. The fourth-order valence-corrected chi connectivity index (χ4v) is 0.265. The van der Waals surface area contributed by atoms with Crippen molar-refractivity contribution in [3.8, 4) is 0 Å². The van der Waals surface area contributed by atoms with E-state index in [4.69, 9.17) is 0 Å². The number of hydrogen-bond donors (Lipinski definition) is 1. The molecule has 0 aliphatic carbocycles. The predicted molar refractivity (Wildman–Crippen MR) is 28.2 cm³/mol. The van der Waals surface area contributed by atoms with E-state index in [2.05, 4.69) is 5.32 Å². The predicted octanol–water partition coefficient (Wildman–Crippen LogP) is 0.480.